The molecule has 0 fully saturated rings. The van der Waals surface area contributed by atoms with Crippen molar-refractivity contribution in [2.75, 3.05) is 5.32 Å². The zero-order valence-corrected chi connectivity index (χ0v) is 10.2. The highest BCUT2D eigenvalue weighted by Crippen LogP contribution is 2.29. The Hall–Kier alpha value is -1.22. The summed E-state index contributed by atoms with van der Waals surface area (Å²) in [5.41, 5.74) is 0. The largest absolute Gasteiger partial charge is 0.452 e. The van der Waals surface area contributed by atoms with Crippen molar-refractivity contribution in [1.82, 2.24) is 14.3 Å². The molecule has 9 heteroatoms. The van der Waals surface area contributed by atoms with E-state index in [-0.39, 0.29) is 5.13 Å². The Morgan fingerprint density at radius 3 is 2.71 bits per heavy atom. The van der Waals surface area contributed by atoms with Crippen LogP contribution in [0.15, 0.2) is 6.20 Å². The third-order valence-electron chi connectivity index (χ3n) is 1.74. The van der Waals surface area contributed by atoms with E-state index < -0.39 is 12.0 Å². The lowest BCUT2D eigenvalue weighted by atomic mass is 10.6. The normalized spacial score (nSPS) is 11.8. The molecule has 2 heterocycles. The van der Waals surface area contributed by atoms with Gasteiger partial charge in [-0.2, -0.15) is 22.5 Å². The molecule has 2 rings (SSSR count). The molecule has 0 aliphatic heterocycles. The smallest absolute Gasteiger partial charge is 0.354 e. The van der Waals surface area contributed by atoms with Crippen molar-refractivity contribution < 1.29 is 13.2 Å². The van der Waals surface area contributed by atoms with Crippen molar-refractivity contribution in [2.24, 2.45) is 0 Å². The number of hydrogen-bond donors (Lipinski definition) is 1. The van der Waals surface area contributed by atoms with E-state index in [0.717, 1.165) is 9.88 Å². The fraction of sp³-hybridized carbons (Fsp3) is 0.375. The molecular weight excluding hydrogens is 273 g/mol. The predicted octanol–water partition coefficient (Wildman–Crippen LogP) is 2.93. The Labute approximate surface area is 103 Å². The molecule has 0 aromatic carbocycles. The van der Waals surface area contributed by atoms with E-state index in [1.165, 1.54) is 11.3 Å². The van der Waals surface area contributed by atoms with Crippen molar-refractivity contribution in [1.29, 1.82) is 0 Å². The lowest BCUT2D eigenvalue weighted by molar-refractivity contribution is -0.144. The number of rotatable bonds is 3. The number of hydrogen-bond acceptors (Lipinski definition) is 6. The summed E-state index contributed by atoms with van der Waals surface area (Å²) in [6.45, 7) is 2.26. The summed E-state index contributed by atoms with van der Waals surface area (Å²) < 4.78 is 39.9. The molecule has 0 aliphatic carbocycles. The lowest BCUT2D eigenvalue weighted by Crippen LogP contribution is -2.07. The van der Waals surface area contributed by atoms with E-state index in [1.54, 1.807) is 6.20 Å². The van der Waals surface area contributed by atoms with Crippen LogP contribution < -0.4 is 5.32 Å². The number of nitrogens with one attached hydrogen (secondary N) is 1. The number of alkyl halides is 3. The molecule has 1 N–H and O–H groups in total. The maximum absolute atomic E-state index is 12.2. The second-order valence-corrected chi connectivity index (χ2v) is 5.21. The Morgan fingerprint density at radius 2 is 2.18 bits per heavy atom. The quantitative estimate of drug-likeness (QED) is 0.939. The number of thiazole rings is 1. The first kappa shape index (κ1) is 12.2. The van der Waals surface area contributed by atoms with Gasteiger partial charge in [-0.05, 0) is 6.92 Å². The van der Waals surface area contributed by atoms with Crippen molar-refractivity contribution in [3.8, 4) is 0 Å². The van der Waals surface area contributed by atoms with Crippen molar-refractivity contribution >= 4 is 28.0 Å². The molecule has 92 valence electrons. The van der Waals surface area contributed by atoms with E-state index >= 15 is 0 Å². The molecule has 0 atom stereocenters. The van der Waals surface area contributed by atoms with Crippen LogP contribution in [0.5, 0.6) is 0 Å². The van der Waals surface area contributed by atoms with E-state index in [0.29, 0.717) is 18.1 Å². The molecule has 0 saturated heterocycles. The summed E-state index contributed by atoms with van der Waals surface area (Å²) in [5.74, 6) is -1.11. The molecule has 0 radical (unpaired) electrons. The molecule has 0 amide bonds. The second kappa shape index (κ2) is 4.57. The standard InChI is InChI=1S/C8H7F3N4S2/c1-4-2-12-5(16-4)3-13-7-14-6(15-17-7)8(9,10)11/h2H,3H2,1H3,(H,13,14,15). The third kappa shape index (κ3) is 3.13. The highest BCUT2D eigenvalue weighted by molar-refractivity contribution is 7.11. The maximum atomic E-state index is 12.2. The monoisotopic (exact) mass is 280 g/mol. The first-order chi connectivity index (χ1) is 7.95. The highest BCUT2D eigenvalue weighted by Gasteiger charge is 2.36. The van der Waals surface area contributed by atoms with Crippen LogP contribution in [-0.4, -0.2) is 14.3 Å². The Kier molecular flexibility index (Phi) is 3.29. The molecule has 17 heavy (non-hydrogen) atoms. The van der Waals surface area contributed by atoms with Gasteiger partial charge in [0.05, 0.1) is 6.54 Å². The third-order valence-corrected chi connectivity index (χ3v) is 3.33. The fourth-order valence-corrected chi connectivity index (χ4v) is 2.35. The van der Waals surface area contributed by atoms with Gasteiger partial charge in [-0.3, -0.25) is 0 Å². The first-order valence-corrected chi connectivity index (χ1v) is 6.10. The predicted molar refractivity (Wildman–Crippen MR) is 59.1 cm³/mol. The van der Waals surface area contributed by atoms with E-state index in [4.69, 9.17) is 0 Å². The van der Waals surface area contributed by atoms with Crippen LogP contribution in [0.25, 0.3) is 0 Å². The van der Waals surface area contributed by atoms with Gasteiger partial charge >= 0.3 is 6.18 Å². The summed E-state index contributed by atoms with van der Waals surface area (Å²) in [5, 5.41) is 3.70. The van der Waals surface area contributed by atoms with Crippen molar-refractivity contribution in [3.63, 3.8) is 0 Å². The number of nitrogens with zero attached hydrogens (tertiary/aromatic N) is 3. The van der Waals surface area contributed by atoms with E-state index in [2.05, 4.69) is 19.7 Å². The zero-order chi connectivity index (χ0) is 12.5. The zero-order valence-electron chi connectivity index (χ0n) is 8.58. The average Bonchev–Trinajstić information content (AvgIpc) is 2.82. The van der Waals surface area contributed by atoms with Gasteiger partial charge in [0.2, 0.25) is 11.0 Å². The first-order valence-electron chi connectivity index (χ1n) is 4.51. The molecule has 2 aromatic rings. The summed E-state index contributed by atoms with van der Waals surface area (Å²) in [7, 11) is 0. The van der Waals surface area contributed by atoms with Crippen LogP contribution in [0.4, 0.5) is 18.3 Å². The van der Waals surface area contributed by atoms with Gasteiger partial charge in [-0.1, -0.05) is 0 Å². The SMILES string of the molecule is Cc1cnc(CNc2nc(C(F)(F)F)ns2)s1. The Bertz CT molecular complexity index is 505. The van der Waals surface area contributed by atoms with Gasteiger partial charge in [0.15, 0.2) is 0 Å². The summed E-state index contributed by atoms with van der Waals surface area (Å²) in [6, 6.07) is 0. The molecular formula is C8H7F3N4S2. The minimum Gasteiger partial charge on any atom is -0.354 e. The summed E-state index contributed by atoms with van der Waals surface area (Å²) in [4.78, 5) is 8.48. The van der Waals surface area contributed by atoms with Crippen LogP contribution in [0.2, 0.25) is 0 Å². The van der Waals surface area contributed by atoms with Crippen molar-refractivity contribution in [2.45, 2.75) is 19.6 Å². The average molecular weight is 280 g/mol. The molecule has 0 spiro atoms. The number of aromatic nitrogens is 3. The van der Waals surface area contributed by atoms with Crippen LogP contribution >= 0.6 is 22.9 Å². The highest BCUT2D eigenvalue weighted by atomic mass is 32.1. The fourth-order valence-electron chi connectivity index (χ4n) is 1.04. The van der Waals surface area contributed by atoms with Gasteiger partial charge in [0, 0.05) is 22.6 Å². The van der Waals surface area contributed by atoms with Gasteiger partial charge in [-0.25, -0.2) is 4.98 Å². The van der Waals surface area contributed by atoms with E-state index in [1.807, 2.05) is 6.92 Å². The van der Waals surface area contributed by atoms with Crippen molar-refractivity contribution in [3.05, 3.63) is 21.9 Å². The number of anilines is 1. The minimum atomic E-state index is -4.49. The summed E-state index contributed by atoms with van der Waals surface area (Å²) in [6.07, 6.45) is -2.78. The molecule has 0 saturated carbocycles. The molecule has 0 unspecified atom stereocenters. The van der Waals surface area contributed by atoms with Gasteiger partial charge in [-0.15, -0.1) is 11.3 Å². The Morgan fingerprint density at radius 1 is 1.41 bits per heavy atom. The molecule has 0 aliphatic rings. The van der Waals surface area contributed by atoms with Gasteiger partial charge in [0.25, 0.3) is 0 Å². The van der Waals surface area contributed by atoms with Crippen LogP contribution in [0.1, 0.15) is 15.7 Å². The topological polar surface area (TPSA) is 50.7 Å². The molecule has 2 aromatic heterocycles. The van der Waals surface area contributed by atoms with Crippen LogP contribution in [0.3, 0.4) is 0 Å². The number of halogens is 3. The van der Waals surface area contributed by atoms with Crippen LogP contribution in [-0.2, 0) is 12.7 Å². The Balaban J connectivity index is 1.98. The molecule has 0 bridgehead atoms. The van der Waals surface area contributed by atoms with E-state index in [9.17, 15) is 13.2 Å². The lowest BCUT2D eigenvalue weighted by Gasteiger charge is -1.99. The number of aryl methyl sites for hydroxylation is 1. The second-order valence-electron chi connectivity index (χ2n) is 3.14. The maximum Gasteiger partial charge on any atom is 0.452 e. The summed E-state index contributed by atoms with van der Waals surface area (Å²) >= 11 is 2.17. The van der Waals surface area contributed by atoms with Gasteiger partial charge in [0.1, 0.15) is 5.01 Å². The molecule has 4 nitrogen and oxygen atoms in total. The van der Waals surface area contributed by atoms with Gasteiger partial charge < -0.3 is 5.32 Å². The minimum absolute atomic E-state index is 0.144. The van der Waals surface area contributed by atoms with Crippen LogP contribution in [0, 0.1) is 6.92 Å².